The van der Waals surface area contributed by atoms with Gasteiger partial charge in [-0.15, -0.1) is 0 Å². The number of ether oxygens (including phenoxy) is 2. The van der Waals surface area contributed by atoms with E-state index in [1.54, 1.807) is 14.2 Å². The lowest BCUT2D eigenvalue weighted by atomic mass is 10.3. The molecule has 2 aromatic rings. The van der Waals surface area contributed by atoms with Crippen LogP contribution in [0.15, 0.2) is 48.5 Å². The summed E-state index contributed by atoms with van der Waals surface area (Å²) in [6.45, 7) is 2.25. The predicted molar refractivity (Wildman–Crippen MR) is 88.7 cm³/mol. The first kappa shape index (κ1) is 15.1. The van der Waals surface area contributed by atoms with Gasteiger partial charge in [-0.25, -0.2) is 0 Å². The van der Waals surface area contributed by atoms with Crippen LogP contribution in [0.5, 0.6) is 11.5 Å². The minimum atomic E-state index is -0.442. The van der Waals surface area contributed by atoms with Crippen molar-refractivity contribution in [2.45, 2.75) is 6.55 Å². The summed E-state index contributed by atoms with van der Waals surface area (Å²) in [6.07, 6.45) is 0. The molecule has 0 aliphatic heterocycles. The van der Waals surface area contributed by atoms with Gasteiger partial charge in [-0.2, -0.15) is 0 Å². The molecule has 0 saturated heterocycles. The standard InChI is InChI=1S/C16H19O2PSi/c1-17-13-8-4-6-10-15(13)19(12-20-3)16-11-7-5-9-14(16)18-2/h4-11H,12H2,1-3H3. The van der Waals surface area contributed by atoms with Crippen LogP contribution in [0.25, 0.3) is 0 Å². The molecule has 0 heterocycles. The molecule has 0 atom stereocenters. The highest BCUT2D eigenvalue weighted by atomic mass is 31.1. The Morgan fingerprint density at radius 1 is 0.850 bits per heavy atom. The zero-order valence-electron chi connectivity index (χ0n) is 12.1. The van der Waals surface area contributed by atoms with Gasteiger partial charge in [0, 0.05) is 20.1 Å². The fraction of sp³-hybridized carbons (Fsp3) is 0.250. The topological polar surface area (TPSA) is 18.5 Å². The third-order valence-corrected chi connectivity index (χ3v) is 7.50. The first-order valence-corrected chi connectivity index (χ1v) is 9.73. The van der Waals surface area contributed by atoms with Crippen molar-refractivity contribution in [3.8, 4) is 11.5 Å². The molecule has 0 aromatic heterocycles. The molecule has 0 spiro atoms. The second-order valence-corrected chi connectivity index (χ2v) is 8.08. The minimum Gasteiger partial charge on any atom is -0.496 e. The normalized spacial score (nSPS) is 10.6. The number of para-hydroxylation sites is 2. The van der Waals surface area contributed by atoms with Gasteiger partial charge in [-0.3, -0.25) is 0 Å². The van der Waals surface area contributed by atoms with Crippen LogP contribution in [0.2, 0.25) is 6.55 Å². The van der Waals surface area contributed by atoms with Crippen molar-refractivity contribution in [1.82, 2.24) is 0 Å². The summed E-state index contributed by atoms with van der Waals surface area (Å²) < 4.78 is 11.1. The Kier molecular flexibility index (Phi) is 5.63. The van der Waals surface area contributed by atoms with Crippen molar-refractivity contribution in [2.75, 3.05) is 20.0 Å². The molecule has 2 nitrogen and oxygen atoms in total. The van der Waals surface area contributed by atoms with Gasteiger partial charge in [0.25, 0.3) is 0 Å². The molecule has 0 bridgehead atoms. The lowest BCUT2D eigenvalue weighted by molar-refractivity contribution is 0.417. The van der Waals surface area contributed by atoms with Gasteiger partial charge in [0.05, 0.1) is 14.2 Å². The van der Waals surface area contributed by atoms with Crippen LogP contribution in [0.1, 0.15) is 0 Å². The van der Waals surface area contributed by atoms with Crippen LogP contribution in [0.3, 0.4) is 0 Å². The monoisotopic (exact) mass is 302 g/mol. The molecular weight excluding hydrogens is 283 g/mol. The zero-order chi connectivity index (χ0) is 14.4. The van der Waals surface area contributed by atoms with E-state index in [2.05, 4.69) is 30.8 Å². The Labute approximate surface area is 124 Å². The minimum absolute atomic E-state index is 0.442. The SMILES string of the molecule is COc1ccccc1P(C[Si]C)c1ccccc1OC. The van der Waals surface area contributed by atoms with Crippen molar-refractivity contribution in [2.24, 2.45) is 0 Å². The molecule has 0 amide bonds. The van der Waals surface area contributed by atoms with E-state index in [1.807, 2.05) is 24.3 Å². The Balaban J connectivity index is 2.50. The van der Waals surface area contributed by atoms with E-state index in [-0.39, 0.29) is 0 Å². The van der Waals surface area contributed by atoms with E-state index in [0.29, 0.717) is 0 Å². The first-order chi connectivity index (χ1) is 9.81. The first-order valence-electron chi connectivity index (χ1n) is 6.50. The molecule has 0 saturated carbocycles. The zero-order valence-corrected chi connectivity index (χ0v) is 14.0. The number of rotatable bonds is 6. The Bertz CT molecular complexity index is 512. The summed E-state index contributed by atoms with van der Waals surface area (Å²) in [5, 5.41) is 2.59. The van der Waals surface area contributed by atoms with Crippen LogP contribution in [0.4, 0.5) is 0 Å². The third kappa shape index (κ3) is 3.22. The highest BCUT2D eigenvalue weighted by molar-refractivity contribution is 7.74. The summed E-state index contributed by atoms with van der Waals surface area (Å²) >= 11 is 0. The van der Waals surface area contributed by atoms with Crippen molar-refractivity contribution in [3.05, 3.63) is 48.5 Å². The van der Waals surface area contributed by atoms with E-state index < -0.39 is 7.92 Å². The highest BCUT2D eigenvalue weighted by Gasteiger charge is 2.20. The molecule has 104 valence electrons. The van der Waals surface area contributed by atoms with Gasteiger partial charge >= 0.3 is 0 Å². The fourth-order valence-corrected chi connectivity index (χ4v) is 6.45. The van der Waals surface area contributed by atoms with Crippen LogP contribution in [-0.2, 0) is 0 Å². The number of hydrogen-bond acceptors (Lipinski definition) is 2. The van der Waals surface area contributed by atoms with E-state index in [4.69, 9.17) is 9.47 Å². The second-order valence-electron chi connectivity index (χ2n) is 4.28. The molecule has 0 aliphatic rings. The highest BCUT2D eigenvalue weighted by Crippen LogP contribution is 2.39. The molecule has 20 heavy (non-hydrogen) atoms. The predicted octanol–water partition coefficient (Wildman–Crippen LogP) is 2.85. The second kappa shape index (κ2) is 7.46. The summed E-state index contributed by atoms with van der Waals surface area (Å²) in [4.78, 5) is 0. The van der Waals surface area contributed by atoms with Crippen LogP contribution < -0.4 is 20.1 Å². The maximum atomic E-state index is 5.55. The summed E-state index contributed by atoms with van der Waals surface area (Å²) in [5.74, 6) is 3.11. The number of methoxy groups -OCH3 is 2. The molecule has 0 N–H and O–H groups in total. The summed E-state index contributed by atoms with van der Waals surface area (Å²) in [7, 11) is 3.94. The van der Waals surface area contributed by atoms with E-state index in [1.165, 1.54) is 10.6 Å². The van der Waals surface area contributed by atoms with Crippen molar-refractivity contribution in [3.63, 3.8) is 0 Å². The van der Waals surface area contributed by atoms with E-state index in [0.717, 1.165) is 26.8 Å². The Morgan fingerprint density at radius 3 is 1.70 bits per heavy atom. The molecular formula is C16H19O2PSi. The third-order valence-electron chi connectivity index (χ3n) is 3.07. The van der Waals surface area contributed by atoms with E-state index >= 15 is 0 Å². The van der Waals surface area contributed by atoms with Crippen molar-refractivity contribution < 1.29 is 9.47 Å². The molecule has 0 unspecified atom stereocenters. The Morgan fingerprint density at radius 2 is 1.30 bits per heavy atom. The molecule has 2 radical (unpaired) electrons. The quantitative estimate of drug-likeness (QED) is 0.603. The van der Waals surface area contributed by atoms with Gasteiger partial charge in [-0.05, 0) is 25.8 Å². The van der Waals surface area contributed by atoms with Gasteiger partial charge in [0.15, 0.2) is 0 Å². The van der Waals surface area contributed by atoms with Crippen LogP contribution in [-0.4, -0.2) is 29.5 Å². The number of benzene rings is 2. The Hall–Kier alpha value is -1.31. The maximum Gasteiger partial charge on any atom is 0.126 e. The average Bonchev–Trinajstić information content (AvgIpc) is 2.52. The van der Waals surface area contributed by atoms with E-state index in [9.17, 15) is 0 Å². The molecule has 0 aliphatic carbocycles. The molecule has 2 rings (SSSR count). The lowest BCUT2D eigenvalue weighted by Gasteiger charge is -2.22. The van der Waals surface area contributed by atoms with Crippen LogP contribution in [0, 0.1) is 0 Å². The van der Waals surface area contributed by atoms with Gasteiger partial charge in [0.2, 0.25) is 0 Å². The van der Waals surface area contributed by atoms with Gasteiger partial charge < -0.3 is 9.47 Å². The summed E-state index contributed by atoms with van der Waals surface area (Å²) in [5.41, 5.74) is 0. The molecule has 2 aromatic carbocycles. The molecule has 4 heteroatoms. The van der Waals surface area contributed by atoms with Gasteiger partial charge in [0.1, 0.15) is 11.5 Å². The van der Waals surface area contributed by atoms with Gasteiger partial charge in [-0.1, -0.05) is 42.9 Å². The van der Waals surface area contributed by atoms with Crippen molar-refractivity contribution >= 4 is 28.1 Å². The smallest absolute Gasteiger partial charge is 0.126 e. The largest absolute Gasteiger partial charge is 0.496 e. The van der Waals surface area contributed by atoms with Crippen molar-refractivity contribution in [1.29, 1.82) is 0 Å². The summed E-state index contributed by atoms with van der Waals surface area (Å²) in [6, 6.07) is 16.6. The number of hydrogen-bond donors (Lipinski definition) is 0. The lowest BCUT2D eigenvalue weighted by Crippen LogP contribution is -2.19. The molecule has 0 fully saturated rings. The maximum absolute atomic E-state index is 5.55. The van der Waals surface area contributed by atoms with Crippen LogP contribution >= 0.6 is 7.92 Å². The fourth-order valence-electron chi connectivity index (χ4n) is 2.16. The average molecular weight is 302 g/mol.